The van der Waals surface area contributed by atoms with E-state index in [4.69, 9.17) is 11.6 Å². The zero-order valence-corrected chi connectivity index (χ0v) is 12.2. The Morgan fingerprint density at radius 1 is 1.26 bits per heavy atom. The predicted octanol–water partition coefficient (Wildman–Crippen LogP) is 2.64. The number of benzene rings is 1. The minimum atomic E-state index is 0. The Morgan fingerprint density at radius 3 is 2.53 bits per heavy atom. The Kier molecular flexibility index (Phi) is 4.71. The quantitative estimate of drug-likeness (QED) is 0.911. The van der Waals surface area contributed by atoms with Crippen LogP contribution in [-0.4, -0.2) is 30.4 Å². The molecule has 5 heteroatoms. The number of nitrogens with zero attached hydrogens (tertiary/aromatic N) is 1. The molecule has 2 heterocycles. The zero-order chi connectivity index (χ0) is 12.5. The minimum Gasteiger partial charge on any atom is -0.335 e. The predicted molar refractivity (Wildman–Crippen MR) is 78.7 cm³/mol. The van der Waals surface area contributed by atoms with Crippen molar-refractivity contribution in [3.63, 3.8) is 0 Å². The van der Waals surface area contributed by atoms with E-state index in [-0.39, 0.29) is 24.4 Å². The first-order valence-electron chi connectivity index (χ1n) is 6.52. The van der Waals surface area contributed by atoms with Crippen molar-refractivity contribution in [2.45, 2.75) is 18.9 Å². The van der Waals surface area contributed by atoms with E-state index < -0.39 is 0 Å². The number of carbonyl (C=O) groups excluding carboxylic acids is 1. The molecular weight excluding hydrogens is 283 g/mol. The van der Waals surface area contributed by atoms with E-state index in [0.717, 1.165) is 37.5 Å². The molecule has 0 aromatic heterocycles. The third kappa shape index (κ3) is 2.88. The average Bonchev–Trinajstić information content (AvgIpc) is 2.76. The highest BCUT2D eigenvalue weighted by molar-refractivity contribution is 6.30. The number of nitrogens with one attached hydrogen (secondary N) is 1. The molecule has 2 aliphatic heterocycles. The molecular formula is C14H18Cl2N2O. The molecule has 1 N–H and O–H groups in total. The van der Waals surface area contributed by atoms with E-state index >= 15 is 0 Å². The van der Waals surface area contributed by atoms with Gasteiger partial charge in [0.1, 0.15) is 0 Å². The smallest absolute Gasteiger partial charge is 0.228 e. The molecule has 1 atom stereocenters. The maximum absolute atomic E-state index is 12.3. The highest BCUT2D eigenvalue weighted by atomic mass is 35.5. The third-order valence-electron chi connectivity index (χ3n) is 3.92. The monoisotopic (exact) mass is 300 g/mol. The van der Waals surface area contributed by atoms with Crippen LogP contribution in [0.3, 0.4) is 0 Å². The van der Waals surface area contributed by atoms with Crippen molar-refractivity contribution < 1.29 is 4.79 Å². The van der Waals surface area contributed by atoms with Crippen molar-refractivity contribution in [1.82, 2.24) is 10.2 Å². The zero-order valence-electron chi connectivity index (χ0n) is 10.6. The van der Waals surface area contributed by atoms with E-state index in [1.165, 1.54) is 5.56 Å². The minimum absolute atomic E-state index is 0. The van der Waals surface area contributed by atoms with Gasteiger partial charge in [-0.25, -0.2) is 0 Å². The fourth-order valence-corrected chi connectivity index (χ4v) is 2.89. The van der Waals surface area contributed by atoms with Crippen LogP contribution in [0.15, 0.2) is 24.3 Å². The normalized spacial score (nSPS) is 22.8. The first-order chi connectivity index (χ1) is 8.75. The van der Waals surface area contributed by atoms with E-state index in [1.807, 2.05) is 24.3 Å². The van der Waals surface area contributed by atoms with Crippen molar-refractivity contribution in [3.05, 3.63) is 34.9 Å². The molecule has 1 aromatic rings. The van der Waals surface area contributed by atoms with Crippen LogP contribution in [-0.2, 0) is 4.79 Å². The van der Waals surface area contributed by atoms with Gasteiger partial charge in [0.15, 0.2) is 0 Å². The molecule has 19 heavy (non-hydrogen) atoms. The van der Waals surface area contributed by atoms with Gasteiger partial charge in [0, 0.05) is 24.7 Å². The molecule has 3 nitrogen and oxygen atoms in total. The van der Waals surface area contributed by atoms with Gasteiger partial charge < -0.3 is 10.2 Å². The fourth-order valence-electron chi connectivity index (χ4n) is 2.76. The summed E-state index contributed by atoms with van der Waals surface area (Å²) in [7, 11) is 0. The Morgan fingerprint density at radius 2 is 1.95 bits per heavy atom. The number of hydrogen-bond donors (Lipinski definition) is 1. The second-order valence-corrected chi connectivity index (χ2v) is 5.53. The second-order valence-electron chi connectivity index (χ2n) is 5.10. The lowest BCUT2D eigenvalue weighted by atomic mass is 9.99. The summed E-state index contributed by atoms with van der Waals surface area (Å²) in [5.74, 6) is 0.504. The Balaban J connectivity index is 0.00000133. The molecule has 2 fully saturated rings. The summed E-state index contributed by atoms with van der Waals surface area (Å²) in [6, 6.07) is 8.14. The summed E-state index contributed by atoms with van der Waals surface area (Å²) in [6.45, 7) is 2.56. The van der Waals surface area contributed by atoms with E-state index in [9.17, 15) is 4.79 Å². The van der Waals surface area contributed by atoms with Crippen LogP contribution in [0.2, 0.25) is 5.02 Å². The molecule has 0 saturated carbocycles. The molecule has 0 aliphatic carbocycles. The summed E-state index contributed by atoms with van der Waals surface area (Å²) >= 11 is 5.91. The van der Waals surface area contributed by atoms with Crippen molar-refractivity contribution in [3.8, 4) is 0 Å². The molecule has 0 spiro atoms. The van der Waals surface area contributed by atoms with Gasteiger partial charge in [0.25, 0.3) is 0 Å². The standard InChI is InChI=1S/C14H17ClN2O.ClH/c15-12-5-3-10(4-6-12)13-2-1-7-17(13)14(18)11-8-16-9-11;/h3-6,11,13,16H,1-2,7-9H2;1H. The average molecular weight is 301 g/mol. The third-order valence-corrected chi connectivity index (χ3v) is 4.17. The maximum atomic E-state index is 12.3. The van der Waals surface area contributed by atoms with Gasteiger partial charge in [-0.15, -0.1) is 12.4 Å². The van der Waals surface area contributed by atoms with Gasteiger partial charge in [-0.05, 0) is 30.5 Å². The number of likely N-dealkylation sites (tertiary alicyclic amines) is 1. The number of hydrogen-bond acceptors (Lipinski definition) is 2. The second kappa shape index (κ2) is 6.12. The summed E-state index contributed by atoms with van der Waals surface area (Å²) in [5, 5.41) is 3.91. The molecule has 0 bridgehead atoms. The van der Waals surface area contributed by atoms with Crippen LogP contribution in [0, 0.1) is 5.92 Å². The maximum Gasteiger partial charge on any atom is 0.228 e. The van der Waals surface area contributed by atoms with Crippen LogP contribution in [0.1, 0.15) is 24.4 Å². The van der Waals surface area contributed by atoms with Gasteiger partial charge in [0.2, 0.25) is 5.91 Å². The highest BCUT2D eigenvalue weighted by Crippen LogP contribution is 2.33. The molecule has 1 aromatic carbocycles. The van der Waals surface area contributed by atoms with Gasteiger partial charge in [-0.3, -0.25) is 4.79 Å². The molecule has 1 unspecified atom stereocenters. The fraction of sp³-hybridized carbons (Fsp3) is 0.500. The summed E-state index contributed by atoms with van der Waals surface area (Å²) < 4.78 is 0. The summed E-state index contributed by atoms with van der Waals surface area (Å²) in [4.78, 5) is 14.4. The van der Waals surface area contributed by atoms with Crippen molar-refractivity contribution in [2.24, 2.45) is 5.92 Å². The lowest BCUT2D eigenvalue weighted by Gasteiger charge is -2.33. The largest absolute Gasteiger partial charge is 0.335 e. The Hall–Kier alpha value is -0.770. The van der Waals surface area contributed by atoms with Gasteiger partial charge in [-0.1, -0.05) is 23.7 Å². The number of amides is 1. The molecule has 3 rings (SSSR count). The van der Waals surface area contributed by atoms with Crippen LogP contribution in [0.25, 0.3) is 0 Å². The molecule has 0 radical (unpaired) electrons. The first-order valence-corrected chi connectivity index (χ1v) is 6.90. The molecule has 2 saturated heterocycles. The molecule has 2 aliphatic rings. The first kappa shape index (κ1) is 14.6. The molecule has 1 amide bonds. The number of carbonyl (C=O) groups is 1. The summed E-state index contributed by atoms with van der Waals surface area (Å²) in [6.07, 6.45) is 2.16. The van der Waals surface area contributed by atoms with Crippen molar-refractivity contribution in [2.75, 3.05) is 19.6 Å². The van der Waals surface area contributed by atoms with Crippen LogP contribution in [0.5, 0.6) is 0 Å². The van der Waals surface area contributed by atoms with Crippen molar-refractivity contribution in [1.29, 1.82) is 0 Å². The van der Waals surface area contributed by atoms with E-state index in [1.54, 1.807) is 0 Å². The van der Waals surface area contributed by atoms with Crippen LogP contribution in [0.4, 0.5) is 0 Å². The van der Waals surface area contributed by atoms with E-state index in [0.29, 0.717) is 5.91 Å². The number of halogens is 2. The molecule has 104 valence electrons. The van der Waals surface area contributed by atoms with Crippen LogP contribution >= 0.6 is 24.0 Å². The Labute approximate surface area is 124 Å². The SMILES string of the molecule is Cl.O=C(C1CNC1)N1CCCC1c1ccc(Cl)cc1. The van der Waals surface area contributed by atoms with Gasteiger partial charge >= 0.3 is 0 Å². The highest BCUT2D eigenvalue weighted by Gasteiger charge is 2.36. The lowest BCUT2D eigenvalue weighted by Crippen LogP contribution is -2.51. The van der Waals surface area contributed by atoms with E-state index in [2.05, 4.69) is 10.2 Å². The lowest BCUT2D eigenvalue weighted by molar-refractivity contribution is -0.138. The summed E-state index contributed by atoms with van der Waals surface area (Å²) in [5.41, 5.74) is 1.21. The Bertz CT molecular complexity index is 445. The van der Waals surface area contributed by atoms with Crippen molar-refractivity contribution >= 4 is 29.9 Å². The van der Waals surface area contributed by atoms with Crippen LogP contribution < -0.4 is 5.32 Å². The van der Waals surface area contributed by atoms with Gasteiger partial charge in [0.05, 0.1) is 12.0 Å². The number of rotatable bonds is 2. The van der Waals surface area contributed by atoms with Gasteiger partial charge in [-0.2, -0.15) is 0 Å². The topological polar surface area (TPSA) is 32.3 Å².